The molecule has 22 heavy (non-hydrogen) atoms. The van der Waals surface area contributed by atoms with Gasteiger partial charge in [0.25, 0.3) is 0 Å². The molecule has 124 valence electrons. The minimum absolute atomic E-state index is 0.0435. The Hall–Kier alpha value is -0.860. The molecule has 0 aromatic carbocycles. The van der Waals surface area contributed by atoms with E-state index in [1.807, 2.05) is 6.92 Å². The molecule has 1 N–H and O–H groups in total. The van der Waals surface area contributed by atoms with Crippen molar-refractivity contribution in [2.75, 3.05) is 0 Å². The second-order valence-corrected chi connectivity index (χ2v) is 7.57. The van der Waals surface area contributed by atoms with E-state index < -0.39 is 0 Å². The summed E-state index contributed by atoms with van der Waals surface area (Å²) in [6.45, 7) is 10.9. The standard InChI is InChI=1S/C20H32O2/c1-14(2)17-10-9-15(3)7-6-8-16(4)18(21)13-19-20(5,22-19)12-11-17/h8-10,14,18-19,21H,6-7,11-13H2,1-5H3/t18-,19-,20-/m0/s1. The quantitative estimate of drug-likeness (QED) is 0.549. The fourth-order valence-electron chi connectivity index (χ4n) is 3.15. The molecule has 0 bridgehead atoms. The number of aliphatic hydroxyl groups excluding tert-OH is 1. The summed E-state index contributed by atoms with van der Waals surface area (Å²) in [5.41, 5.74) is 3.94. The molecule has 2 heteroatoms. The first-order valence-electron chi connectivity index (χ1n) is 8.70. The zero-order valence-electron chi connectivity index (χ0n) is 14.9. The van der Waals surface area contributed by atoms with Crippen molar-refractivity contribution in [2.24, 2.45) is 5.92 Å². The molecule has 2 aliphatic rings. The highest BCUT2D eigenvalue weighted by Crippen LogP contribution is 2.44. The van der Waals surface area contributed by atoms with Gasteiger partial charge in [-0.2, -0.15) is 0 Å². The molecule has 0 saturated carbocycles. The van der Waals surface area contributed by atoms with E-state index in [4.69, 9.17) is 4.74 Å². The van der Waals surface area contributed by atoms with Crippen LogP contribution in [0, 0.1) is 5.92 Å². The number of hydrogen-bond acceptors (Lipinski definition) is 2. The molecule has 2 nitrogen and oxygen atoms in total. The van der Waals surface area contributed by atoms with Crippen molar-refractivity contribution in [3.05, 3.63) is 34.9 Å². The number of hydrogen-bond donors (Lipinski definition) is 1. The van der Waals surface area contributed by atoms with E-state index in [2.05, 4.69) is 45.9 Å². The van der Waals surface area contributed by atoms with E-state index in [1.54, 1.807) is 0 Å². The third-order valence-electron chi connectivity index (χ3n) is 5.24. The fraction of sp³-hybridized carbons (Fsp3) is 0.700. The maximum atomic E-state index is 10.3. The van der Waals surface area contributed by atoms with Gasteiger partial charge >= 0.3 is 0 Å². The Morgan fingerprint density at radius 1 is 1.23 bits per heavy atom. The number of epoxide rings is 1. The van der Waals surface area contributed by atoms with Gasteiger partial charge in [0.1, 0.15) is 0 Å². The number of rotatable bonds is 1. The van der Waals surface area contributed by atoms with Crippen LogP contribution in [-0.4, -0.2) is 22.9 Å². The molecule has 0 amide bonds. The smallest absolute Gasteiger partial charge is 0.0924 e. The van der Waals surface area contributed by atoms with Gasteiger partial charge in [-0.3, -0.25) is 0 Å². The lowest BCUT2D eigenvalue weighted by molar-refractivity contribution is 0.184. The predicted molar refractivity (Wildman–Crippen MR) is 92.8 cm³/mol. The average Bonchev–Trinajstić information content (AvgIpc) is 3.07. The summed E-state index contributed by atoms with van der Waals surface area (Å²) in [5, 5.41) is 10.3. The van der Waals surface area contributed by atoms with Gasteiger partial charge < -0.3 is 9.84 Å². The number of ether oxygens (including phenoxy) is 1. The molecular weight excluding hydrogens is 272 g/mol. The highest BCUT2D eigenvalue weighted by molar-refractivity contribution is 5.20. The molecule has 0 aromatic heterocycles. The maximum absolute atomic E-state index is 10.3. The molecule has 1 aliphatic carbocycles. The van der Waals surface area contributed by atoms with Crippen molar-refractivity contribution < 1.29 is 9.84 Å². The Bertz CT molecular complexity index is 484. The summed E-state index contributed by atoms with van der Waals surface area (Å²) in [7, 11) is 0. The second kappa shape index (κ2) is 7.14. The summed E-state index contributed by atoms with van der Waals surface area (Å²) < 4.78 is 5.92. The topological polar surface area (TPSA) is 32.8 Å². The van der Waals surface area contributed by atoms with E-state index in [-0.39, 0.29) is 17.8 Å². The van der Waals surface area contributed by atoms with Crippen molar-refractivity contribution in [3.8, 4) is 0 Å². The van der Waals surface area contributed by atoms with Crippen LogP contribution < -0.4 is 0 Å². The third kappa shape index (κ3) is 4.57. The van der Waals surface area contributed by atoms with Crippen molar-refractivity contribution in [1.82, 2.24) is 0 Å². The van der Waals surface area contributed by atoms with Gasteiger partial charge in [-0.05, 0) is 57.9 Å². The minimum Gasteiger partial charge on any atom is -0.389 e. The van der Waals surface area contributed by atoms with Crippen LogP contribution in [0.5, 0.6) is 0 Å². The van der Waals surface area contributed by atoms with Gasteiger partial charge in [0.2, 0.25) is 0 Å². The van der Waals surface area contributed by atoms with E-state index in [0.717, 1.165) is 37.7 Å². The average molecular weight is 304 g/mol. The minimum atomic E-state index is -0.362. The lowest BCUT2D eigenvalue weighted by Gasteiger charge is -2.15. The van der Waals surface area contributed by atoms with E-state index in [9.17, 15) is 5.11 Å². The first-order chi connectivity index (χ1) is 10.3. The Kier molecular flexibility index (Phi) is 5.68. The molecular formula is C20H32O2. The van der Waals surface area contributed by atoms with Crippen molar-refractivity contribution >= 4 is 0 Å². The molecule has 1 saturated heterocycles. The Morgan fingerprint density at radius 3 is 2.64 bits per heavy atom. The van der Waals surface area contributed by atoms with E-state index >= 15 is 0 Å². The van der Waals surface area contributed by atoms with Crippen molar-refractivity contribution in [2.45, 2.75) is 84.5 Å². The molecule has 1 heterocycles. The van der Waals surface area contributed by atoms with E-state index in [1.165, 1.54) is 11.1 Å². The zero-order chi connectivity index (χ0) is 16.3. The van der Waals surface area contributed by atoms with Gasteiger partial charge in [-0.15, -0.1) is 0 Å². The molecule has 0 spiro atoms. The SMILES string of the molecule is CC1=CC=C(C(C)C)CC[C@]2(C)O[C@H]2C[C@H](O)C(C)=CCC1. The van der Waals surface area contributed by atoms with Crippen LogP contribution in [0.15, 0.2) is 34.9 Å². The van der Waals surface area contributed by atoms with E-state index in [0.29, 0.717) is 5.92 Å². The molecule has 1 aliphatic heterocycles. The first kappa shape index (κ1) is 17.5. The third-order valence-corrected chi connectivity index (χ3v) is 5.24. The maximum Gasteiger partial charge on any atom is 0.0924 e. The molecule has 0 radical (unpaired) electrons. The summed E-state index contributed by atoms with van der Waals surface area (Å²) in [4.78, 5) is 0. The van der Waals surface area contributed by atoms with Crippen LogP contribution >= 0.6 is 0 Å². The Balaban J connectivity index is 2.17. The monoisotopic (exact) mass is 304 g/mol. The number of aliphatic hydroxyl groups is 1. The number of fused-ring (bicyclic) bond motifs is 1. The summed E-state index contributed by atoms with van der Waals surface area (Å²) in [6.07, 6.45) is 11.5. The molecule has 0 unspecified atom stereocenters. The van der Waals surface area contributed by atoms with Crippen molar-refractivity contribution in [1.29, 1.82) is 0 Å². The summed E-state index contributed by atoms with van der Waals surface area (Å²) in [6, 6.07) is 0. The van der Waals surface area contributed by atoms with Crippen LogP contribution in [0.3, 0.4) is 0 Å². The van der Waals surface area contributed by atoms with Gasteiger partial charge in [0.05, 0.1) is 17.8 Å². The molecule has 2 rings (SSSR count). The Labute approximate surface area is 136 Å². The lowest BCUT2D eigenvalue weighted by Crippen LogP contribution is -2.18. The summed E-state index contributed by atoms with van der Waals surface area (Å²) >= 11 is 0. The Morgan fingerprint density at radius 2 is 1.95 bits per heavy atom. The van der Waals surface area contributed by atoms with Crippen LogP contribution in [-0.2, 0) is 4.74 Å². The zero-order valence-corrected chi connectivity index (χ0v) is 14.9. The van der Waals surface area contributed by atoms with Crippen LogP contribution in [0.2, 0.25) is 0 Å². The van der Waals surface area contributed by atoms with Crippen LogP contribution in [0.4, 0.5) is 0 Å². The molecule has 0 aromatic rings. The lowest BCUT2D eigenvalue weighted by atomic mass is 9.89. The summed E-state index contributed by atoms with van der Waals surface area (Å²) in [5.74, 6) is 0.575. The van der Waals surface area contributed by atoms with Gasteiger partial charge in [-0.25, -0.2) is 0 Å². The highest BCUT2D eigenvalue weighted by atomic mass is 16.6. The number of allylic oxidation sites excluding steroid dienone is 5. The van der Waals surface area contributed by atoms with Crippen molar-refractivity contribution in [3.63, 3.8) is 0 Å². The first-order valence-corrected chi connectivity index (χ1v) is 8.70. The largest absolute Gasteiger partial charge is 0.389 e. The predicted octanol–water partition coefficient (Wildman–Crippen LogP) is 4.94. The normalized spacial score (nSPS) is 34.2. The van der Waals surface area contributed by atoms with Gasteiger partial charge in [0.15, 0.2) is 0 Å². The van der Waals surface area contributed by atoms with Gasteiger partial charge in [-0.1, -0.05) is 43.2 Å². The van der Waals surface area contributed by atoms with Crippen LogP contribution in [0.1, 0.15) is 66.7 Å². The van der Waals surface area contributed by atoms with Gasteiger partial charge in [0, 0.05) is 6.42 Å². The molecule has 1 fully saturated rings. The molecule has 3 atom stereocenters. The highest BCUT2D eigenvalue weighted by Gasteiger charge is 2.52. The fourth-order valence-corrected chi connectivity index (χ4v) is 3.15. The second-order valence-electron chi connectivity index (χ2n) is 7.57. The van der Waals surface area contributed by atoms with Crippen LogP contribution in [0.25, 0.3) is 0 Å².